The number of sulfonamides is 1. The molecule has 6 nitrogen and oxygen atoms in total. The molecule has 2 aromatic carbocycles. The van der Waals surface area contributed by atoms with Gasteiger partial charge in [-0.2, -0.15) is 0 Å². The minimum absolute atomic E-state index is 0.107. The number of fused-ring (bicyclic) bond motifs is 1. The average Bonchev–Trinajstić information content (AvgIpc) is 3.19. The molecule has 1 aromatic heterocycles. The number of nitrogens with one attached hydrogen (secondary N) is 2. The van der Waals surface area contributed by atoms with Crippen LogP contribution in [0.25, 0.3) is 11.1 Å². The Labute approximate surface area is 195 Å². The van der Waals surface area contributed by atoms with Crippen LogP contribution in [0.15, 0.2) is 48.7 Å². The van der Waals surface area contributed by atoms with Crippen molar-refractivity contribution in [3.05, 3.63) is 76.4 Å². The highest BCUT2D eigenvalue weighted by molar-refractivity contribution is 7.92. The first-order valence-electron chi connectivity index (χ1n) is 10.2. The van der Waals surface area contributed by atoms with E-state index in [0.717, 1.165) is 17.7 Å². The van der Waals surface area contributed by atoms with Crippen LogP contribution in [0.1, 0.15) is 35.2 Å². The van der Waals surface area contributed by atoms with E-state index in [0.29, 0.717) is 28.4 Å². The van der Waals surface area contributed by atoms with Crippen molar-refractivity contribution in [2.24, 2.45) is 0 Å². The van der Waals surface area contributed by atoms with Gasteiger partial charge in [0.15, 0.2) is 11.6 Å². The Morgan fingerprint density at radius 2 is 1.91 bits per heavy atom. The van der Waals surface area contributed by atoms with Gasteiger partial charge in [-0.3, -0.25) is 9.52 Å². The fourth-order valence-electron chi connectivity index (χ4n) is 3.76. The van der Waals surface area contributed by atoms with Crippen LogP contribution in [0, 0.1) is 11.6 Å². The second kappa shape index (κ2) is 9.07. The third kappa shape index (κ3) is 4.69. The van der Waals surface area contributed by atoms with E-state index in [9.17, 15) is 17.6 Å². The SMILES string of the molecule is CCCS(=O)(=O)Nc1ccc(F)c(C(=O)C2CNc3ncc(-c4ccc(Cl)cc4)cc32)c1F. The first kappa shape index (κ1) is 23.1. The summed E-state index contributed by atoms with van der Waals surface area (Å²) < 4.78 is 55.9. The Balaban J connectivity index is 1.70. The quantitative estimate of drug-likeness (QED) is 0.442. The molecule has 3 aromatic rings. The molecule has 1 atom stereocenters. The van der Waals surface area contributed by atoms with Crippen molar-refractivity contribution in [2.45, 2.75) is 19.3 Å². The highest BCUT2D eigenvalue weighted by atomic mass is 35.5. The van der Waals surface area contributed by atoms with Gasteiger partial charge in [-0.05, 0) is 42.3 Å². The molecular formula is C23H20ClF2N3O3S. The molecule has 0 saturated heterocycles. The van der Waals surface area contributed by atoms with Gasteiger partial charge in [-0.1, -0.05) is 30.7 Å². The standard InChI is InChI=1S/C23H20ClF2N3O3S/c1-2-9-33(31,32)29-19-8-7-18(25)20(21(19)26)22(30)17-12-28-23-16(17)10-14(11-27-23)13-3-5-15(24)6-4-13/h3-8,10-11,17,29H,2,9,12H2,1H3,(H,27,28). The molecule has 172 valence electrons. The van der Waals surface area contributed by atoms with Crippen molar-refractivity contribution < 1.29 is 22.0 Å². The number of aromatic nitrogens is 1. The summed E-state index contributed by atoms with van der Waals surface area (Å²) in [6, 6.07) is 10.6. The summed E-state index contributed by atoms with van der Waals surface area (Å²) in [7, 11) is -3.83. The van der Waals surface area contributed by atoms with E-state index in [2.05, 4.69) is 15.0 Å². The van der Waals surface area contributed by atoms with Gasteiger partial charge in [0.25, 0.3) is 0 Å². The van der Waals surface area contributed by atoms with E-state index >= 15 is 4.39 Å². The molecule has 0 spiro atoms. The first-order valence-corrected chi connectivity index (χ1v) is 12.3. The minimum atomic E-state index is -3.83. The van der Waals surface area contributed by atoms with Gasteiger partial charge in [0.05, 0.1) is 22.9 Å². The highest BCUT2D eigenvalue weighted by Crippen LogP contribution is 2.37. The fourth-order valence-corrected chi connectivity index (χ4v) is 5.01. The van der Waals surface area contributed by atoms with E-state index in [1.807, 2.05) is 0 Å². The normalized spacial score (nSPS) is 15.1. The number of ketones is 1. The van der Waals surface area contributed by atoms with Crippen LogP contribution in [-0.4, -0.2) is 31.5 Å². The second-order valence-corrected chi connectivity index (χ2v) is 9.95. The number of rotatable bonds is 7. The Morgan fingerprint density at radius 3 is 2.61 bits per heavy atom. The van der Waals surface area contributed by atoms with Gasteiger partial charge in [-0.15, -0.1) is 0 Å². The summed E-state index contributed by atoms with van der Waals surface area (Å²) in [5.74, 6) is -3.78. The van der Waals surface area contributed by atoms with Crippen LogP contribution in [0.3, 0.4) is 0 Å². The minimum Gasteiger partial charge on any atom is -0.369 e. The Kier molecular flexibility index (Phi) is 6.36. The summed E-state index contributed by atoms with van der Waals surface area (Å²) in [6.07, 6.45) is 1.95. The molecule has 10 heteroatoms. The largest absolute Gasteiger partial charge is 0.369 e. The maximum atomic E-state index is 15.1. The van der Waals surface area contributed by atoms with Crippen molar-refractivity contribution in [2.75, 3.05) is 22.3 Å². The lowest BCUT2D eigenvalue weighted by Gasteiger charge is -2.14. The molecular weight excluding hydrogens is 472 g/mol. The lowest BCUT2D eigenvalue weighted by atomic mass is 9.91. The van der Waals surface area contributed by atoms with Crippen LogP contribution in [-0.2, 0) is 10.0 Å². The summed E-state index contributed by atoms with van der Waals surface area (Å²) >= 11 is 5.94. The van der Waals surface area contributed by atoms with Gasteiger partial charge in [0, 0.05) is 28.9 Å². The maximum absolute atomic E-state index is 15.1. The Hall–Kier alpha value is -3.04. The highest BCUT2D eigenvalue weighted by Gasteiger charge is 2.34. The number of carbonyl (C=O) groups excluding carboxylic acids is 1. The molecule has 0 saturated carbocycles. The number of nitrogens with zero attached hydrogens (tertiary/aromatic N) is 1. The van der Waals surface area contributed by atoms with Crippen LogP contribution >= 0.6 is 11.6 Å². The number of halogens is 3. The fraction of sp³-hybridized carbons (Fsp3) is 0.217. The number of anilines is 2. The van der Waals surface area contributed by atoms with Gasteiger partial charge < -0.3 is 5.32 Å². The van der Waals surface area contributed by atoms with Crippen molar-refractivity contribution in [3.63, 3.8) is 0 Å². The topological polar surface area (TPSA) is 88.2 Å². The van der Waals surface area contributed by atoms with E-state index in [1.165, 1.54) is 0 Å². The summed E-state index contributed by atoms with van der Waals surface area (Å²) in [5, 5.41) is 3.56. The van der Waals surface area contributed by atoms with Crippen LogP contribution < -0.4 is 10.0 Å². The Bertz CT molecular complexity index is 1330. The second-order valence-electron chi connectivity index (χ2n) is 7.67. The first-order chi connectivity index (χ1) is 15.7. The molecule has 1 unspecified atom stereocenters. The zero-order valence-corrected chi connectivity index (χ0v) is 19.1. The molecule has 2 heterocycles. The lowest BCUT2D eigenvalue weighted by Crippen LogP contribution is -2.21. The summed E-state index contributed by atoms with van der Waals surface area (Å²) in [6.45, 7) is 1.77. The number of hydrogen-bond acceptors (Lipinski definition) is 5. The predicted octanol–water partition coefficient (Wildman–Crippen LogP) is 5.22. The monoisotopic (exact) mass is 491 g/mol. The molecule has 0 aliphatic carbocycles. The van der Waals surface area contributed by atoms with Gasteiger partial charge in [0.2, 0.25) is 10.0 Å². The summed E-state index contributed by atoms with van der Waals surface area (Å²) in [5.41, 5.74) is 0.783. The third-order valence-electron chi connectivity index (χ3n) is 5.34. The third-order valence-corrected chi connectivity index (χ3v) is 7.06. The number of benzene rings is 2. The number of pyridine rings is 1. The van der Waals surface area contributed by atoms with Crippen LogP contribution in [0.4, 0.5) is 20.3 Å². The van der Waals surface area contributed by atoms with Gasteiger partial charge in [0.1, 0.15) is 11.6 Å². The summed E-state index contributed by atoms with van der Waals surface area (Å²) in [4.78, 5) is 17.6. The van der Waals surface area contributed by atoms with Gasteiger partial charge in [-0.25, -0.2) is 22.2 Å². The van der Waals surface area contributed by atoms with E-state index < -0.39 is 44.6 Å². The van der Waals surface area contributed by atoms with Gasteiger partial charge >= 0.3 is 0 Å². The average molecular weight is 492 g/mol. The van der Waals surface area contributed by atoms with E-state index in [-0.39, 0.29) is 12.3 Å². The molecule has 0 fully saturated rings. The molecule has 33 heavy (non-hydrogen) atoms. The van der Waals surface area contributed by atoms with Crippen molar-refractivity contribution in [1.29, 1.82) is 0 Å². The van der Waals surface area contributed by atoms with Crippen molar-refractivity contribution >= 4 is 38.9 Å². The molecule has 2 N–H and O–H groups in total. The van der Waals surface area contributed by atoms with E-state index in [4.69, 9.17) is 11.6 Å². The smallest absolute Gasteiger partial charge is 0.232 e. The molecule has 1 aliphatic rings. The lowest BCUT2D eigenvalue weighted by molar-refractivity contribution is 0.0958. The Morgan fingerprint density at radius 1 is 1.18 bits per heavy atom. The van der Waals surface area contributed by atoms with Crippen molar-refractivity contribution in [1.82, 2.24) is 4.98 Å². The van der Waals surface area contributed by atoms with E-state index in [1.54, 1.807) is 43.5 Å². The maximum Gasteiger partial charge on any atom is 0.232 e. The molecule has 0 bridgehead atoms. The molecule has 4 rings (SSSR count). The molecule has 0 radical (unpaired) electrons. The molecule has 1 aliphatic heterocycles. The van der Waals surface area contributed by atoms with Crippen LogP contribution in [0.2, 0.25) is 5.02 Å². The molecule has 0 amide bonds. The number of carbonyl (C=O) groups is 1. The zero-order chi connectivity index (χ0) is 23.8. The predicted molar refractivity (Wildman–Crippen MR) is 124 cm³/mol. The number of hydrogen-bond donors (Lipinski definition) is 2. The number of Topliss-reactive ketones (excluding diaryl/α,β-unsaturated/α-hetero) is 1. The van der Waals surface area contributed by atoms with Crippen molar-refractivity contribution in [3.8, 4) is 11.1 Å². The van der Waals surface area contributed by atoms with Crippen LogP contribution in [0.5, 0.6) is 0 Å². The zero-order valence-electron chi connectivity index (χ0n) is 17.5.